The second kappa shape index (κ2) is 39.2. The van der Waals surface area contributed by atoms with Gasteiger partial charge in [-0.3, -0.25) is 24.5 Å². The Hall–Kier alpha value is -8.75. The fraction of sp³-hybridized carbons (Fsp3) is 0.400. The van der Waals surface area contributed by atoms with Gasteiger partial charge in [-0.2, -0.15) is 0 Å². The van der Waals surface area contributed by atoms with Crippen LogP contribution in [0.3, 0.4) is 0 Å². The van der Waals surface area contributed by atoms with Crippen LogP contribution in [0, 0.1) is 11.3 Å². The van der Waals surface area contributed by atoms with Crippen molar-refractivity contribution in [3.63, 3.8) is 0 Å². The van der Waals surface area contributed by atoms with Crippen LogP contribution < -0.4 is 14.2 Å². The normalized spacial score (nSPS) is 17.6. The number of ether oxygens (including phenoxy) is 3. The number of fused-ring (bicyclic) bond motifs is 5. The lowest BCUT2D eigenvalue weighted by atomic mass is 9.77. The standard InChI is InChI=1S/C35H39ClF3N3O.C33H38ClN3O.C32H34ClF3N2O/c1-2-3-17-42-24-31(27-9-11-29(12-10-27)43-35(37,38)39)30-21-26(8-13-33(30)42)22-41-20-16-34(25-41)14-18-40(19-15-34)23-28-6-4-5-7-32(28)36;1-3-4-17-36-23-31(25-10-14-29(38-2)15-11-25)30-18-24(9-16-33(30)36)19-35-21-27-12-13-28(22-35)37(27)20-26-7-5-6-8-32(26)34;1-2-3-16-38-22-29(25-9-11-27(12-10-25)39-32(34,35)36)28-20-24(8-13-31(28)38)19-23-14-17-37(18-15-23)21-26-6-4-5-7-30(26)33/h4-13,21,24H,2-3,14-20,22-23,25H2,1H3;5-11,14-16,18,23,27-28H,3-4,12-13,17,19-22H2,1-2H3;4-13,20,22-23H,2-3,14-19,21H2,1H3. The number of piperazine rings is 1. The van der Waals surface area contributed by atoms with Crippen molar-refractivity contribution in [2.75, 3.05) is 59.5 Å². The van der Waals surface area contributed by atoms with E-state index in [9.17, 15) is 26.3 Å². The summed E-state index contributed by atoms with van der Waals surface area (Å²) >= 11 is 19.3. The minimum absolute atomic E-state index is 0.204. The first-order valence-corrected chi connectivity index (χ1v) is 44.3. The molecule has 12 aromatic rings. The molecule has 1 spiro atoms. The Labute approximate surface area is 718 Å². The molecule has 5 aliphatic heterocycles. The van der Waals surface area contributed by atoms with Crippen LogP contribution in [0.1, 0.15) is 138 Å². The molecule has 632 valence electrons. The van der Waals surface area contributed by atoms with Crippen molar-refractivity contribution in [3.8, 4) is 50.6 Å². The molecule has 0 aliphatic carbocycles. The van der Waals surface area contributed by atoms with Gasteiger partial charge in [0.15, 0.2) is 0 Å². The van der Waals surface area contributed by atoms with Crippen molar-refractivity contribution < 1.29 is 40.6 Å². The quantitative estimate of drug-likeness (QED) is 0.0472. The van der Waals surface area contributed by atoms with Gasteiger partial charge in [-0.25, -0.2) is 0 Å². The molecular weight excluding hydrogens is 1580 g/mol. The third-order valence-corrected chi connectivity index (χ3v) is 26.6. The van der Waals surface area contributed by atoms with Gasteiger partial charge in [-0.15, -0.1) is 26.3 Å². The molecule has 120 heavy (non-hydrogen) atoms. The van der Waals surface area contributed by atoms with Gasteiger partial charge in [-0.1, -0.05) is 184 Å². The highest BCUT2D eigenvalue weighted by atomic mass is 35.5. The fourth-order valence-electron chi connectivity index (χ4n) is 19.0. The summed E-state index contributed by atoms with van der Waals surface area (Å²) in [6, 6.07) is 67.2. The van der Waals surface area contributed by atoms with Crippen LogP contribution in [0.2, 0.25) is 15.1 Å². The Kier molecular flexibility index (Phi) is 28.1. The van der Waals surface area contributed by atoms with E-state index in [1.54, 1.807) is 31.4 Å². The van der Waals surface area contributed by atoms with Crippen molar-refractivity contribution >= 4 is 67.5 Å². The van der Waals surface area contributed by atoms with E-state index in [1.165, 1.54) is 125 Å². The summed E-state index contributed by atoms with van der Waals surface area (Å²) in [5.41, 5.74) is 18.1. The number of alkyl halides is 6. The number of nitrogens with zero attached hydrogens (tertiary/aromatic N) is 8. The van der Waals surface area contributed by atoms with Crippen LogP contribution in [0.15, 0.2) is 219 Å². The van der Waals surface area contributed by atoms with Crippen molar-refractivity contribution in [1.82, 2.24) is 38.2 Å². The summed E-state index contributed by atoms with van der Waals surface area (Å²) in [6.07, 6.45) is 13.5. The maximum atomic E-state index is 12.7. The van der Waals surface area contributed by atoms with Gasteiger partial charge in [0.1, 0.15) is 17.2 Å². The van der Waals surface area contributed by atoms with E-state index in [4.69, 9.17) is 39.5 Å². The summed E-state index contributed by atoms with van der Waals surface area (Å²) < 4.78 is 96.6. The number of piperidine rings is 2. The van der Waals surface area contributed by atoms with Crippen LogP contribution in [0.4, 0.5) is 26.3 Å². The smallest absolute Gasteiger partial charge is 0.497 e. The molecule has 17 rings (SSSR count). The van der Waals surface area contributed by atoms with Crippen molar-refractivity contribution in [3.05, 3.63) is 267 Å². The predicted octanol–water partition coefficient (Wildman–Crippen LogP) is 25.9. The molecule has 5 aliphatic rings. The van der Waals surface area contributed by atoms with E-state index >= 15 is 0 Å². The van der Waals surface area contributed by atoms with E-state index < -0.39 is 12.7 Å². The second-order valence-electron chi connectivity index (χ2n) is 33.9. The molecule has 20 heteroatoms. The molecule has 2 atom stereocenters. The van der Waals surface area contributed by atoms with Crippen LogP contribution in [-0.4, -0.2) is 122 Å². The van der Waals surface area contributed by atoms with Gasteiger partial charge in [0.25, 0.3) is 0 Å². The molecule has 0 radical (unpaired) electrons. The fourth-order valence-corrected chi connectivity index (χ4v) is 19.6. The molecular formula is C100H111Cl3F6N8O3. The number of hydrogen-bond acceptors (Lipinski definition) is 8. The van der Waals surface area contributed by atoms with Gasteiger partial charge in [0.2, 0.25) is 0 Å². The number of likely N-dealkylation sites (tertiary alicyclic amines) is 4. The number of rotatable bonds is 27. The molecule has 5 saturated heterocycles. The molecule has 3 aromatic heterocycles. The summed E-state index contributed by atoms with van der Waals surface area (Å²) in [4.78, 5) is 13.0. The van der Waals surface area contributed by atoms with E-state index in [-0.39, 0.29) is 11.5 Å². The lowest BCUT2D eigenvalue weighted by molar-refractivity contribution is -0.275. The second-order valence-corrected chi connectivity index (χ2v) is 35.1. The van der Waals surface area contributed by atoms with Crippen LogP contribution in [-0.2, 0) is 58.8 Å². The minimum Gasteiger partial charge on any atom is -0.497 e. The van der Waals surface area contributed by atoms with Gasteiger partial charge in [0.05, 0.1) is 7.11 Å². The first-order valence-electron chi connectivity index (χ1n) is 43.2. The summed E-state index contributed by atoms with van der Waals surface area (Å²) in [5.74, 6) is 1.11. The topological polar surface area (TPSA) is 58.7 Å². The molecule has 8 heterocycles. The molecule has 2 unspecified atom stereocenters. The Bertz CT molecular complexity index is 5360. The van der Waals surface area contributed by atoms with E-state index in [0.717, 1.165) is 215 Å². The third-order valence-electron chi connectivity index (χ3n) is 25.5. The molecule has 11 nitrogen and oxygen atoms in total. The number of benzene rings is 9. The summed E-state index contributed by atoms with van der Waals surface area (Å²) in [6.45, 7) is 23.0. The maximum absolute atomic E-state index is 12.7. The highest BCUT2D eigenvalue weighted by molar-refractivity contribution is 6.32. The van der Waals surface area contributed by atoms with E-state index in [2.05, 4.69) is 196 Å². The highest BCUT2D eigenvalue weighted by Crippen LogP contribution is 2.44. The van der Waals surface area contributed by atoms with Crippen LogP contribution in [0.5, 0.6) is 17.2 Å². The van der Waals surface area contributed by atoms with E-state index in [1.807, 2.05) is 42.5 Å². The minimum atomic E-state index is -4.70. The number of methoxy groups -OCH3 is 1. The van der Waals surface area contributed by atoms with Gasteiger partial charge >= 0.3 is 12.7 Å². The van der Waals surface area contributed by atoms with Crippen LogP contribution in [0.25, 0.3) is 66.1 Å². The Morgan fingerprint density at radius 3 is 1.16 bits per heavy atom. The average Bonchev–Trinajstić information content (AvgIpc) is 1.61. The lowest BCUT2D eigenvalue weighted by Crippen LogP contribution is -2.52. The van der Waals surface area contributed by atoms with Crippen molar-refractivity contribution in [2.45, 2.75) is 188 Å². The number of halogens is 9. The largest absolute Gasteiger partial charge is 0.573 e. The SMILES string of the molecule is CCCCn1cc(-c2ccc(OC(F)(F)F)cc2)c2cc(CC3CCN(Cc4ccccc4Cl)CC3)ccc21.CCCCn1cc(-c2ccc(OC(F)(F)F)cc2)c2cc(CN3CCC4(CCN(Cc5ccccc5Cl)CC4)C3)ccc21.CCCCn1cc(-c2ccc(OC)cc2)c2cc(CN3CC4CCC(C3)N4Cc3ccccc3Cl)ccc21. The number of unbranched alkanes of at least 4 members (excludes halogenated alkanes) is 3. The number of aromatic nitrogens is 3. The predicted molar refractivity (Wildman–Crippen MR) is 477 cm³/mol. The Balaban J connectivity index is 0.000000141. The van der Waals surface area contributed by atoms with Gasteiger partial charge in [0, 0.05) is 167 Å². The Morgan fingerprint density at radius 1 is 0.392 bits per heavy atom. The molecule has 9 aromatic carbocycles. The first kappa shape index (κ1) is 86.2. The number of aryl methyl sites for hydroxylation is 3. The monoisotopic (exact) mass is 1690 g/mol. The maximum Gasteiger partial charge on any atom is 0.573 e. The Morgan fingerprint density at radius 2 is 0.758 bits per heavy atom. The zero-order valence-corrected chi connectivity index (χ0v) is 71.7. The lowest BCUT2D eigenvalue weighted by Gasteiger charge is -2.41. The molecule has 2 bridgehead atoms. The van der Waals surface area contributed by atoms with E-state index in [0.29, 0.717) is 23.4 Å². The van der Waals surface area contributed by atoms with Gasteiger partial charge in [-0.05, 0) is 256 Å². The molecule has 0 N–H and O–H groups in total. The first-order chi connectivity index (χ1) is 58.1. The van der Waals surface area contributed by atoms with Crippen LogP contribution >= 0.6 is 34.8 Å². The molecule has 5 fully saturated rings. The third kappa shape index (κ3) is 21.6. The summed E-state index contributed by atoms with van der Waals surface area (Å²) in [7, 11) is 1.72. The molecule has 0 saturated carbocycles. The zero-order valence-electron chi connectivity index (χ0n) is 69.4. The zero-order chi connectivity index (χ0) is 83.5. The number of hydrogen-bond donors (Lipinski definition) is 0. The van der Waals surface area contributed by atoms with Gasteiger partial charge < -0.3 is 27.9 Å². The van der Waals surface area contributed by atoms with Crippen molar-refractivity contribution in [1.29, 1.82) is 0 Å². The van der Waals surface area contributed by atoms with Crippen molar-refractivity contribution in [2.24, 2.45) is 11.3 Å². The summed E-state index contributed by atoms with van der Waals surface area (Å²) in [5, 5.41) is 6.20. The highest BCUT2D eigenvalue weighted by Gasteiger charge is 2.42. The average molecular weight is 1690 g/mol. The molecule has 0 amide bonds.